The van der Waals surface area contributed by atoms with Crippen LogP contribution in [0.3, 0.4) is 0 Å². The molecule has 1 aromatic carbocycles. The van der Waals surface area contributed by atoms with E-state index in [1.165, 1.54) is 19.4 Å². The van der Waals surface area contributed by atoms with Crippen LogP contribution in [0.1, 0.15) is 66.2 Å². The number of benzene rings is 1. The molecule has 0 radical (unpaired) electrons. The first-order chi connectivity index (χ1) is 25.6. The molecule has 0 bridgehead atoms. The summed E-state index contributed by atoms with van der Waals surface area (Å²) in [5.41, 5.74) is -2.67. The molecule has 55 heavy (non-hydrogen) atoms. The number of aromatic nitrogens is 1. The van der Waals surface area contributed by atoms with E-state index in [-0.39, 0.29) is 47.1 Å². The molecule has 14 nitrogen and oxygen atoms in total. The maximum Gasteiger partial charge on any atom is 0.425 e. The summed E-state index contributed by atoms with van der Waals surface area (Å²) in [7, 11) is -2.54. The molecular weight excluding hydrogens is 794 g/mol. The van der Waals surface area contributed by atoms with Gasteiger partial charge in [0.05, 0.1) is 35.5 Å². The average Bonchev–Trinajstić information content (AvgIpc) is 3.95. The second-order valence-corrected chi connectivity index (χ2v) is 18.5. The number of methoxy groups -OCH3 is 1. The number of amides is 4. The standard InChI is InChI=1S/C35H42Cl2F3N5O9S/c1-16(35(38,39)40)53-32(49)42-27(33(2,3)4)30(47)45-15-19(54-29-21-10-18(36)11-23(37)26(21)25(52-5)14-41-29)12-24(45)28(46)43-34(13-22(34)17-6-7-17)31(48)44-55(50,51)20-8-9-20/h10-11,14,16-17,19-20,22,24,27H,6-9,12-13,15H2,1-5H3,(H,42,49)(H,43,46)(H,44,48)/t16-,19-,22+,24+,27-,34-/m1/s1. The maximum atomic E-state index is 14.4. The average molecular weight is 837 g/mol. The van der Waals surface area contributed by atoms with Crippen LogP contribution in [0, 0.1) is 17.3 Å². The molecule has 6 rings (SSSR count). The minimum atomic E-state index is -4.86. The van der Waals surface area contributed by atoms with E-state index in [2.05, 4.69) is 25.1 Å². The van der Waals surface area contributed by atoms with Crippen molar-refractivity contribution in [3.63, 3.8) is 0 Å². The molecule has 3 saturated carbocycles. The lowest BCUT2D eigenvalue weighted by Gasteiger charge is -2.35. The number of hydrogen-bond donors (Lipinski definition) is 3. The second kappa shape index (κ2) is 14.6. The molecule has 0 unspecified atom stereocenters. The van der Waals surface area contributed by atoms with E-state index in [4.69, 9.17) is 32.7 Å². The molecule has 302 valence electrons. The molecule has 3 N–H and O–H groups in total. The number of nitrogens with one attached hydrogen (secondary N) is 3. The highest BCUT2D eigenvalue weighted by atomic mass is 35.5. The van der Waals surface area contributed by atoms with Gasteiger partial charge in [-0.25, -0.2) is 18.2 Å². The third-order valence-corrected chi connectivity index (χ3v) is 12.8. The monoisotopic (exact) mass is 835 g/mol. The minimum absolute atomic E-state index is 0.0333. The number of rotatable bonds is 12. The number of alkyl carbamates (subject to hydrolysis) is 1. The Labute approximate surface area is 325 Å². The third kappa shape index (κ3) is 8.65. The largest absolute Gasteiger partial charge is 0.494 e. The second-order valence-electron chi connectivity index (χ2n) is 15.7. The van der Waals surface area contributed by atoms with Crippen molar-refractivity contribution in [2.24, 2.45) is 17.3 Å². The zero-order valence-electron chi connectivity index (χ0n) is 30.6. The summed E-state index contributed by atoms with van der Waals surface area (Å²) in [6.07, 6.45) is -5.98. The van der Waals surface area contributed by atoms with Crippen LogP contribution in [0.5, 0.6) is 11.6 Å². The summed E-state index contributed by atoms with van der Waals surface area (Å²) in [6.45, 7) is 5.06. The molecule has 4 amide bonds. The van der Waals surface area contributed by atoms with Gasteiger partial charge in [-0.2, -0.15) is 13.2 Å². The summed E-state index contributed by atoms with van der Waals surface area (Å²) in [5, 5.41) is 5.62. The van der Waals surface area contributed by atoms with Gasteiger partial charge in [-0.05, 0) is 68.4 Å². The molecule has 6 atom stereocenters. The van der Waals surface area contributed by atoms with Crippen molar-refractivity contribution in [1.82, 2.24) is 25.2 Å². The Morgan fingerprint density at radius 3 is 2.33 bits per heavy atom. The highest BCUT2D eigenvalue weighted by molar-refractivity contribution is 7.91. The van der Waals surface area contributed by atoms with E-state index >= 15 is 0 Å². The fourth-order valence-electron chi connectivity index (χ4n) is 7.02. The van der Waals surface area contributed by atoms with Crippen LogP contribution in [0.4, 0.5) is 18.0 Å². The van der Waals surface area contributed by atoms with Crippen molar-refractivity contribution in [1.29, 1.82) is 0 Å². The fourth-order valence-corrected chi connectivity index (χ4v) is 8.97. The first-order valence-electron chi connectivity index (χ1n) is 17.8. The quantitative estimate of drug-likeness (QED) is 0.267. The third-order valence-electron chi connectivity index (χ3n) is 10.5. The Bertz CT molecular complexity index is 2010. The number of carbonyl (C=O) groups excluding carboxylic acids is 4. The fraction of sp³-hybridized carbons (Fsp3) is 0.629. The highest BCUT2D eigenvalue weighted by Gasteiger charge is 2.67. The van der Waals surface area contributed by atoms with E-state index < -0.39 is 80.5 Å². The Morgan fingerprint density at radius 2 is 1.75 bits per heavy atom. The minimum Gasteiger partial charge on any atom is -0.494 e. The first-order valence-corrected chi connectivity index (χ1v) is 20.1. The van der Waals surface area contributed by atoms with E-state index in [0.717, 1.165) is 17.7 Å². The van der Waals surface area contributed by atoms with Gasteiger partial charge in [0.25, 0.3) is 5.91 Å². The predicted octanol–water partition coefficient (Wildman–Crippen LogP) is 4.88. The Balaban J connectivity index is 1.31. The van der Waals surface area contributed by atoms with Gasteiger partial charge in [0.2, 0.25) is 27.7 Å². The van der Waals surface area contributed by atoms with Crippen LogP contribution in [0.25, 0.3) is 10.8 Å². The van der Waals surface area contributed by atoms with Crippen LogP contribution in [-0.4, -0.2) is 97.0 Å². The van der Waals surface area contributed by atoms with E-state index in [1.54, 1.807) is 26.8 Å². The number of nitrogens with zero attached hydrogens (tertiary/aromatic N) is 2. The summed E-state index contributed by atoms with van der Waals surface area (Å²) in [6, 6.07) is 0.193. The van der Waals surface area contributed by atoms with Crippen molar-refractivity contribution >= 4 is 67.8 Å². The van der Waals surface area contributed by atoms with Crippen LogP contribution in [0.2, 0.25) is 10.0 Å². The number of likely N-dealkylation sites (tertiary alicyclic amines) is 1. The zero-order chi connectivity index (χ0) is 40.4. The zero-order valence-corrected chi connectivity index (χ0v) is 32.9. The number of halogens is 5. The van der Waals surface area contributed by atoms with Gasteiger partial charge in [0, 0.05) is 16.8 Å². The molecule has 1 saturated heterocycles. The van der Waals surface area contributed by atoms with E-state index in [0.29, 0.717) is 36.3 Å². The maximum absolute atomic E-state index is 14.4. The smallest absolute Gasteiger partial charge is 0.425 e. The lowest BCUT2D eigenvalue weighted by molar-refractivity contribution is -0.197. The predicted molar refractivity (Wildman–Crippen MR) is 193 cm³/mol. The number of alkyl halides is 3. The molecule has 4 aliphatic rings. The van der Waals surface area contributed by atoms with Crippen molar-refractivity contribution in [2.75, 3.05) is 13.7 Å². The van der Waals surface area contributed by atoms with E-state index in [1.807, 2.05) is 0 Å². The Kier molecular flexibility index (Phi) is 10.9. The van der Waals surface area contributed by atoms with Gasteiger partial charge >= 0.3 is 12.3 Å². The molecular formula is C35H42Cl2F3N5O9S. The van der Waals surface area contributed by atoms with Crippen LogP contribution in [-0.2, 0) is 29.1 Å². The van der Waals surface area contributed by atoms with Crippen molar-refractivity contribution in [3.05, 3.63) is 28.4 Å². The Hall–Kier alpha value is -3.77. The molecule has 0 spiro atoms. The number of carbonyl (C=O) groups is 4. The molecule has 1 aliphatic heterocycles. The van der Waals surface area contributed by atoms with Crippen LogP contribution >= 0.6 is 23.2 Å². The van der Waals surface area contributed by atoms with E-state index in [9.17, 15) is 40.8 Å². The van der Waals surface area contributed by atoms with Gasteiger partial charge in [-0.1, -0.05) is 44.0 Å². The topological polar surface area (TPSA) is 182 Å². The molecule has 2 heterocycles. The summed E-state index contributed by atoms with van der Waals surface area (Å²) in [4.78, 5) is 60.7. The molecule has 3 aliphatic carbocycles. The molecule has 1 aromatic heterocycles. The Morgan fingerprint density at radius 1 is 1.07 bits per heavy atom. The lowest BCUT2D eigenvalue weighted by Crippen LogP contribution is -2.60. The molecule has 2 aromatic rings. The summed E-state index contributed by atoms with van der Waals surface area (Å²) >= 11 is 12.8. The normalized spacial score (nSPS) is 25.1. The number of fused-ring (bicyclic) bond motifs is 1. The molecule has 20 heteroatoms. The van der Waals surface area contributed by atoms with Gasteiger partial charge in [-0.3, -0.25) is 19.1 Å². The summed E-state index contributed by atoms with van der Waals surface area (Å²) in [5.74, 6) is -2.38. The number of ether oxygens (including phenoxy) is 3. The SMILES string of the molecule is COc1cnc(O[C@@H]2C[C@@H](C(=O)N[C@]3(C(=O)NS(=O)(=O)C4CC4)C[C@H]3C3CC3)N(C(=O)[C@@H](NC(=O)O[C@H](C)C(F)(F)F)C(C)(C)C)C2)c2cc(Cl)cc(Cl)c12. The van der Waals surface area contributed by atoms with Crippen molar-refractivity contribution in [3.8, 4) is 11.6 Å². The summed E-state index contributed by atoms with van der Waals surface area (Å²) < 4.78 is 83.6. The van der Waals surface area contributed by atoms with Gasteiger partial charge < -0.3 is 29.7 Å². The number of sulfonamides is 1. The van der Waals surface area contributed by atoms with Gasteiger partial charge in [0.1, 0.15) is 29.5 Å². The van der Waals surface area contributed by atoms with Crippen LogP contribution < -0.4 is 24.8 Å². The highest BCUT2D eigenvalue weighted by Crippen LogP contribution is 2.57. The van der Waals surface area contributed by atoms with Gasteiger partial charge in [0.15, 0.2) is 6.10 Å². The number of pyridine rings is 1. The number of hydrogen-bond acceptors (Lipinski definition) is 10. The molecule has 4 fully saturated rings. The first kappa shape index (κ1) is 40.9. The van der Waals surface area contributed by atoms with Crippen molar-refractivity contribution in [2.45, 2.75) is 107 Å². The van der Waals surface area contributed by atoms with Crippen molar-refractivity contribution < 1.29 is 55.0 Å². The van der Waals surface area contributed by atoms with Crippen LogP contribution in [0.15, 0.2) is 18.3 Å². The lowest BCUT2D eigenvalue weighted by atomic mass is 9.85. The van der Waals surface area contributed by atoms with Gasteiger partial charge in [-0.15, -0.1) is 0 Å².